The van der Waals surface area contributed by atoms with E-state index in [4.69, 9.17) is 21.1 Å². The van der Waals surface area contributed by atoms with Crippen molar-refractivity contribution in [1.82, 2.24) is 10.2 Å². The molecule has 0 bridgehead atoms. The predicted molar refractivity (Wildman–Crippen MR) is 127 cm³/mol. The summed E-state index contributed by atoms with van der Waals surface area (Å²) in [5.41, 5.74) is 4.40. The van der Waals surface area contributed by atoms with E-state index in [1.54, 1.807) is 0 Å². The number of rotatable bonds is 8. The predicted octanol–water partition coefficient (Wildman–Crippen LogP) is 7.08. The van der Waals surface area contributed by atoms with E-state index in [9.17, 15) is 4.79 Å². The summed E-state index contributed by atoms with van der Waals surface area (Å²) in [6.45, 7) is 2.61. The molecule has 1 aromatic heterocycles. The minimum atomic E-state index is 0.126. The summed E-state index contributed by atoms with van der Waals surface area (Å²) in [6, 6.07) is 5.53. The van der Waals surface area contributed by atoms with Crippen LogP contribution in [0.2, 0.25) is 5.15 Å². The molecule has 0 unspecified atom stereocenters. The molecule has 0 amide bonds. The second-order valence-corrected chi connectivity index (χ2v) is 9.29. The highest BCUT2D eigenvalue weighted by Gasteiger charge is 2.32. The second kappa shape index (κ2) is 11.2. The van der Waals surface area contributed by atoms with Gasteiger partial charge in [-0.15, -0.1) is 10.2 Å². The molecule has 2 aliphatic carbocycles. The van der Waals surface area contributed by atoms with Crippen LogP contribution in [0.3, 0.4) is 0 Å². The Morgan fingerprint density at radius 2 is 1.62 bits per heavy atom. The lowest BCUT2D eigenvalue weighted by Crippen LogP contribution is -2.17. The van der Waals surface area contributed by atoms with Gasteiger partial charge in [0, 0.05) is 17.7 Å². The van der Waals surface area contributed by atoms with E-state index in [1.165, 1.54) is 49.7 Å². The lowest BCUT2D eigenvalue weighted by atomic mass is 9.75. The molecule has 0 radical (unpaired) electrons. The quantitative estimate of drug-likeness (QED) is 0.241. The highest BCUT2D eigenvalue weighted by Crippen LogP contribution is 2.48. The maximum absolute atomic E-state index is 12.1. The number of hydrogen-bond donors (Lipinski definition) is 0. The third-order valence-corrected chi connectivity index (χ3v) is 7.24. The third-order valence-electron chi connectivity index (χ3n) is 6.96. The maximum Gasteiger partial charge on any atom is 0.189 e. The van der Waals surface area contributed by atoms with Crippen LogP contribution in [0.15, 0.2) is 18.2 Å². The number of nitrogens with zero attached hydrogens (tertiary/aromatic N) is 2. The van der Waals surface area contributed by atoms with Crippen LogP contribution in [0, 0.1) is 0 Å². The van der Waals surface area contributed by atoms with Gasteiger partial charge < -0.3 is 9.47 Å². The number of benzene rings is 1. The highest BCUT2D eigenvalue weighted by molar-refractivity contribution is 6.30. The second-order valence-electron chi connectivity index (χ2n) is 8.93. The Morgan fingerprint density at radius 1 is 0.969 bits per heavy atom. The Morgan fingerprint density at radius 3 is 2.25 bits per heavy atom. The van der Waals surface area contributed by atoms with Crippen molar-refractivity contribution in [2.75, 3.05) is 13.4 Å². The smallest absolute Gasteiger partial charge is 0.189 e. The topological polar surface area (TPSA) is 61.3 Å². The van der Waals surface area contributed by atoms with Gasteiger partial charge in [-0.05, 0) is 56.1 Å². The van der Waals surface area contributed by atoms with Gasteiger partial charge in [-0.3, -0.25) is 4.79 Å². The fourth-order valence-corrected chi connectivity index (χ4v) is 5.71. The Labute approximate surface area is 195 Å². The zero-order valence-electron chi connectivity index (χ0n) is 18.9. The molecular weight excluding hydrogens is 424 g/mol. The van der Waals surface area contributed by atoms with Crippen molar-refractivity contribution < 1.29 is 14.3 Å². The first-order chi connectivity index (χ1) is 15.7. The van der Waals surface area contributed by atoms with Crippen LogP contribution in [-0.2, 0) is 4.74 Å². The average molecular weight is 457 g/mol. The lowest BCUT2D eigenvalue weighted by molar-refractivity contribution is 0.0227. The molecule has 0 atom stereocenters. The van der Waals surface area contributed by atoms with Gasteiger partial charge in [0.2, 0.25) is 0 Å². The summed E-state index contributed by atoms with van der Waals surface area (Å²) in [6.07, 6.45) is 12.8. The van der Waals surface area contributed by atoms with Crippen molar-refractivity contribution in [1.29, 1.82) is 0 Å². The number of aldehydes is 1. The first kappa shape index (κ1) is 23.2. The molecule has 172 valence electrons. The van der Waals surface area contributed by atoms with Crippen molar-refractivity contribution in [2.45, 2.75) is 83.0 Å². The molecule has 2 fully saturated rings. The van der Waals surface area contributed by atoms with Crippen LogP contribution in [0.1, 0.15) is 104 Å². The van der Waals surface area contributed by atoms with Crippen LogP contribution in [-0.4, -0.2) is 29.9 Å². The van der Waals surface area contributed by atoms with Crippen LogP contribution in [0.25, 0.3) is 11.3 Å². The number of ether oxygens (including phenoxy) is 2. The van der Waals surface area contributed by atoms with E-state index < -0.39 is 0 Å². The van der Waals surface area contributed by atoms with E-state index >= 15 is 0 Å². The monoisotopic (exact) mass is 456 g/mol. The normalized spacial score (nSPS) is 17.9. The summed E-state index contributed by atoms with van der Waals surface area (Å²) in [5.74, 6) is 1.38. The highest BCUT2D eigenvalue weighted by atomic mass is 35.5. The fourth-order valence-electron chi connectivity index (χ4n) is 5.42. The van der Waals surface area contributed by atoms with Gasteiger partial charge in [-0.25, -0.2) is 0 Å². The molecule has 4 rings (SSSR count). The number of halogens is 1. The average Bonchev–Trinajstić information content (AvgIpc) is 2.85. The minimum absolute atomic E-state index is 0.126. The van der Waals surface area contributed by atoms with Crippen LogP contribution >= 0.6 is 11.6 Å². The Bertz CT molecular complexity index is 922. The zero-order valence-corrected chi connectivity index (χ0v) is 19.7. The van der Waals surface area contributed by atoms with Crippen LogP contribution in [0.4, 0.5) is 0 Å². The van der Waals surface area contributed by atoms with Crippen LogP contribution < -0.4 is 4.74 Å². The molecule has 5 nitrogen and oxygen atoms in total. The summed E-state index contributed by atoms with van der Waals surface area (Å²) < 4.78 is 11.4. The summed E-state index contributed by atoms with van der Waals surface area (Å²) in [4.78, 5) is 12.1. The third kappa shape index (κ3) is 4.99. The largest absolute Gasteiger partial charge is 0.467 e. The molecule has 2 saturated carbocycles. The van der Waals surface area contributed by atoms with Crippen LogP contribution in [0.5, 0.6) is 5.75 Å². The van der Waals surface area contributed by atoms with Gasteiger partial charge in [0.05, 0.1) is 5.56 Å². The van der Waals surface area contributed by atoms with E-state index in [0.717, 1.165) is 37.7 Å². The van der Waals surface area contributed by atoms with E-state index in [1.807, 2.05) is 25.1 Å². The van der Waals surface area contributed by atoms with E-state index in [2.05, 4.69) is 10.2 Å². The summed E-state index contributed by atoms with van der Waals surface area (Å²) >= 11 is 6.76. The SMILES string of the molecule is CCOCOc1cccc(C=O)c1-c1nnc(Cl)c(C2CCCCC2)c1C1CCCCC1. The Hall–Kier alpha value is -1.98. The fraction of sp³-hybridized carbons (Fsp3) is 0.577. The minimum Gasteiger partial charge on any atom is -0.467 e. The first-order valence-electron chi connectivity index (χ1n) is 12.1. The molecule has 0 spiro atoms. The van der Waals surface area contributed by atoms with E-state index in [-0.39, 0.29) is 6.79 Å². The van der Waals surface area contributed by atoms with Crippen molar-refractivity contribution in [2.24, 2.45) is 0 Å². The van der Waals surface area contributed by atoms with Gasteiger partial charge in [0.25, 0.3) is 0 Å². The zero-order chi connectivity index (χ0) is 22.3. The molecular formula is C26H33ClN2O3. The van der Waals surface area contributed by atoms with Gasteiger partial charge in [0.1, 0.15) is 11.4 Å². The van der Waals surface area contributed by atoms with Gasteiger partial charge in [-0.2, -0.15) is 0 Å². The molecule has 6 heteroatoms. The number of carbonyl (C=O) groups is 1. The summed E-state index contributed by atoms with van der Waals surface area (Å²) in [7, 11) is 0. The molecule has 2 aromatic rings. The maximum atomic E-state index is 12.1. The molecule has 1 heterocycles. The molecule has 32 heavy (non-hydrogen) atoms. The molecule has 2 aliphatic rings. The number of hydrogen-bond acceptors (Lipinski definition) is 5. The first-order valence-corrected chi connectivity index (χ1v) is 12.5. The van der Waals surface area contributed by atoms with Crippen molar-refractivity contribution in [3.05, 3.63) is 40.0 Å². The van der Waals surface area contributed by atoms with Crippen molar-refractivity contribution in [3.63, 3.8) is 0 Å². The van der Waals surface area contributed by atoms with Gasteiger partial charge in [-0.1, -0.05) is 62.3 Å². The standard InChI is InChI=1S/C26H33ClN2O3/c1-2-31-17-32-21-15-9-14-20(16-30)22(21)25-23(18-10-5-3-6-11-18)24(26(27)29-28-25)19-12-7-4-8-13-19/h9,14-16,18-19H,2-8,10-13,17H2,1H3. The van der Waals surface area contributed by atoms with E-state index in [0.29, 0.717) is 40.5 Å². The van der Waals surface area contributed by atoms with Gasteiger partial charge >= 0.3 is 0 Å². The Balaban J connectivity index is 1.90. The molecule has 0 aliphatic heterocycles. The molecule has 0 N–H and O–H groups in total. The van der Waals surface area contributed by atoms with Crippen molar-refractivity contribution >= 4 is 17.9 Å². The lowest BCUT2D eigenvalue weighted by Gasteiger charge is -2.31. The Kier molecular flexibility index (Phi) is 8.15. The summed E-state index contributed by atoms with van der Waals surface area (Å²) in [5, 5.41) is 9.56. The number of carbonyl (C=O) groups excluding carboxylic acids is 1. The molecule has 0 saturated heterocycles. The van der Waals surface area contributed by atoms with Gasteiger partial charge in [0.15, 0.2) is 18.2 Å². The van der Waals surface area contributed by atoms with Crippen molar-refractivity contribution in [3.8, 4) is 17.0 Å². The number of aromatic nitrogens is 2. The molecule has 1 aromatic carbocycles.